The lowest BCUT2D eigenvalue weighted by molar-refractivity contribution is -0.122. The SMILES string of the molecule is CNC(=O)C(C)NC(=O)c1cn[nH]c1C. The number of aryl methyl sites for hydroxylation is 1. The number of amides is 2. The quantitative estimate of drug-likeness (QED) is 0.633. The Bertz CT molecular complexity index is 372. The van der Waals surface area contributed by atoms with Crippen molar-refractivity contribution in [2.45, 2.75) is 19.9 Å². The Labute approximate surface area is 87.4 Å². The molecule has 1 aromatic heterocycles. The van der Waals surface area contributed by atoms with Crippen LogP contribution in [0.2, 0.25) is 0 Å². The summed E-state index contributed by atoms with van der Waals surface area (Å²) in [4.78, 5) is 22.8. The van der Waals surface area contributed by atoms with E-state index in [1.165, 1.54) is 13.2 Å². The van der Waals surface area contributed by atoms with Crippen molar-refractivity contribution in [1.29, 1.82) is 0 Å². The number of carbonyl (C=O) groups excluding carboxylic acids is 2. The molecule has 1 unspecified atom stereocenters. The molecule has 0 bridgehead atoms. The topological polar surface area (TPSA) is 86.9 Å². The summed E-state index contributed by atoms with van der Waals surface area (Å²) in [6.45, 7) is 3.36. The van der Waals surface area contributed by atoms with Crippen LogP contribution >= 0.6 is 0 Å². The highest BCUT2D eigenvalue weighted by atomic mass is 16.2. The Balaban J connectivity index is 2.64. The molecular formula is C9H14N4O2. The maximum absolute atomic E-state index is 11.6. The molecule has 1 heterocycles. The normalized spacial score (nSPS) is 11.9. The third kappa shape index (κ3) is 2.55. The van der Waals surface area contributed by atoms with E-state index in [2.05, 4.69) is 20.8 Å². The number of aromatic amines is 1. The molecule has 1 aromatic rings. The van der Waals surface area contributed by atoms with Gasteiger partial charge >= 0.3 is 0 Å². The minimum atomic E-state index is -0.559. The van der Waals surface area contributed by atoms with Gasteiger partial charge in [0.1, 0.15) is 6.04 Å². The fourth-order valence-electron chi connectivity index (χ4n) is 1.14. The lowest BCUT2D eigenvalue weighted by Crippen LogP contribution is -2.43. The van der Waals surface area contributed by atoms with E-state index in [0.717, 1.165) is 0 Å². The molecule has 15 heavy (non-hydrogen) atoms. The number of carbonyl (C=O) groups is 2. The number of hydrogen-bond acceptors (Lipinski definition) is 3. The van der Waals surface area contributed by atoms with E-state index in [4.69, 9.17) is 0 Å². The van der Waals surface area contributed by atoms with E-state index in [9.17, 15) is 9.59 Å². The Kier molecular flexibility index (Phi) is 3.43. The molecule has 82 valence electrons. The molecular weight excluding hydrogens is 196 g/mol. The van der Waals surface area contributed by atoms with Crippen LogP contribution < -0.4 is 10.6 Å². The molecule has 0 aliphatic rings. The second-order valence-electron chi connectivity index (χ2n) is 3.22. The summed E-state index contributed by atoms with van der Waals surface area (Å²) in [5, 5.41) is 11.4. The standard InChI is InChI=1S/C9H14N4O2/c1-5-7(4-11-13-5)9(15)12-6(2)8(14)10-3/h4,6H,1-3H3,(H,10,14)(H,11,13)(H,12,15). The molecule has 2 amide bonds. The second-order valence-corrected chi connectivity index (χ2v) is 3.22. The van der Waals surface area contributed by atoms with Gasteiger partial charge in [0.05, 0.1) is 11.8 Å². The van der Waals surface area contributed by atoms with Crippen LogP contribution in [0.1, 0.15) is 23.0 Å². The molecule has 0 fully saturated rings. The van der Waals surface area contributed by atoms with Crippen molar-refractivity contribution in [2.75, 3.05) is 7.05 Å². The van der Waals surface area contributed by atoms with Gasteiger partial charge in [0.2, 0.25) is 5.91 Å². The van der Waals surface area contributed by atoms with Crippen molar-refractivity contribution in [1.82, 2.24) is 20.8 Å². The molecule has 0 aliphatic carbocycles. The van der Waals surface area contributed by atoms with Crippen LogP contribution in [-0.2, 0) is 4.79 Å². The number of rotatable bonds is 3. The van der Waals surface area contributed by atoms with Crippen molar-refractivity contribution in [3.8, 4) is 0 Å². The molecule has 3 N–H and O–H groups in total. The van der Waals surface area contributed by atoms with Crippen molar-refractivity contribution in [2.24, 2.45) is 0 Å². The van der Waals surface area contributed by atoms with Crippen LogP contribution in [-0.4, -0.2) is 35.1 Å². The van der Waals surface area contributed by atoms with Crippen molar-refractivity contribution < 1.29 is 9.59 Å². The summed E-state index contributed by atoms with van der Waals surface area (Å²) in [6.07, 6.45) is 1.43. The number of hydrogen-bond donors (Lipinski definition) is 3. The summed E-state index contributed by atoms with van der Waals surface area (Å²) in [5.41, 5.74) is 1.13. The van der Waals surface area contributed by atoms with Crippen LogP contribution in [0.25, 0.3) is 0 Å². The zero-order chi connectivity index (χ0) is 11.4. The van der Waals surface area contributed by atoms with E-state index >= 15 is 0 Å². The van der Waals surface area contributed by atoms with Crippen LogP contribution in [0.4, 0.5) is 0 Å². The lowest BCUT2D eigenvalue weighted by atomic mass is 10.2. The van der Waals surface area contributed by atoms with Gasteiger partial charge in [0, 0.05) is 12.7 Å². The molecule has 6 nitrogen and oxygen atoms in total. The zero-order valence-corrected chi connectivity index (χ0v) is 8.92. The second kappa shape index (κ2) is 4.59. The minimum absolute atomic E-state index is 0.232. The average Bonchev–Trinajstić information content (AvgIpc) is 2.63. The predicted molar refractivity (Wildman–Crippen MR) is 54.3 cm³/mol. The molecule has 0 saturated carbocycles. The van der Waals surface area contributed by atoms with Gasteiger partial charge in [-0.25, -0.2) is 0 Å². The Morgan fingerprint density at radius 1 is 1.53 bits per heavy atom. The molecule has 0 aromatic carbocycles. The minimum Gasteiger partial charge on any atom is -0.357 e. The van der Waals surface area contributed by atoms with Gasteiger partial charge in [0.25, 0.3) is 5.91 Å². The molecule has 6 heteroatoms. The maximum atomic E-state index is 11.6. The molecule has 0 radical (unpaired) electrons. The van der Waals surface area contributed by atoms with Gasteiger partial charge in [-0.15, -0.1) is 0 Å². The van der Waals surface area contributed by atoms with Gasteiger partial charge in [-0.2, -0.15) is 5.10 Å². The third-order valence-electron chi connectivity index (χ3n) is 2.06. The monoisotopic (exact) mass is 210 g/mol. The Morgan fingerprint density at radius 3 is 2.67 bits per heavy atom. The van der Waals surface area contributed by atoms with Gasteiger partial charge < -0.3 is 10.6 Å². The number of aromatic nitrogens is 2. The summed E-state index contributed by atoms with van der Waals surface area (Å²) >= 11 is 0. The first-order chi connectivity index (χ1) is 7.06. The smallest absolute Gasteiger partial charge is 0.255 e. The summed E-state index contributed by atoms with van der Waals surface area (Å²) in [5.74, 6) is -0.540. The van der Waals surface area contributed by atoms with Gasteiger partial charge in [0.15, 0.2) is 0 Å². The van der Waals surface area contributed by atoms with Gasteiger partial charge in [-0.05, 0) is 13.8 Å². The number of nitrogens with zero attached hydrogens (tertiary/aromatic N) is 1. The summed E-state index contributed by atoms with van der Waals surface area (Å²) in [7, 11) is 1.52. The van der Waals surface area contributed by atoms with Gasteiger partial charge in [-0.3, -0.25) is 14.7 Å². The average molecular weight is 210 g/mol. The number of nitrogens with one attached hydrogen (secondary N) is 3. The van der Waals surface area contributed by atoms with E-state index in [0.29, 0.717) is 11.3 Å². The summed E-state index contributed by atoms with van der Waals surface area (Å²) in [6, 6.07) is -0.559. The van der Waals surface area contributed by atoms with Crippen LogP contribution in [0.15, 0.2) is 6.20 Å². The highest BCUT2D eigenvalue weighted by Crippen LogP contribution is 2.02. The molecule has 0 aliphatic heterocycles. The van der Waals surface area contributed by atoms with Crippen molar-refractivity contribution in [3.63, 3.8) is 0 Å². The van der Waals surface area contributed by atoms with Crippen LogP contribution in [0.3, 0.4) is 0 Å². The summed E-state index contributed by atoms with van der Waals surface area (Å²) < 4.78 is 0. The fourth-order valence-corrected chi connectivity index (χ4v) is 1.14. The molecule has 1 rings (SSSR count). The first-order valence-corrected chi connectivity index (χ1v) is 4.58. The van der Waals surface area contributed by atoms with Crippen LogP contribution in [0.5, 0.6) is 0 Å². The number of H-pyrrole nitrogens is 1. The first-order valence-electron chi connectivity index (χ1n) is 4.58. The van der Waals surface area contributed by atoms with Crippen molar-refractivity contribution >= 4 is 11.8 Å². The molecule has 0 spiro atoms. The Hall–Kier alpha value is -1.85. The lowest BCUT2D eigenvalue weighted by Gasteiger charge is -2.11. The fraction of sp³-hybridized carbons (Fsp3) is 0.444. The highest BCUT2D eigenvalue weighted by molar-refractivity contribution is 5.97. The van der Waals surface area contributed by atoms with E-state index in [1.54, 1.807) is 13.8 Å². The molecule has 0 saturated heterocycles. The first kappa shape index (κ1) is 11.2. The van der Waals surface area contributed by atoms with E-state index in [-0.39, 0.29) is 11.8 Å². The highest BCUT2D eigenvalue weighted by Gasteiger charge is 2.17. The largest absolute Gasteiger partial charge is 0.357 e. The van der Waals surface area contributed by atoms with Crippen molar-refractivity contribution in [3.05, 3.63) is 17.5 Å². The zero-order valence-electron chi connectivity index (χ0n) is 8.92. The maximum Gasteiger partial charge on any atom is 0.255 e. The predicted octanol–water partition coefficient (Wildman–Crippen LogP) is -0.418. The Morgan fingerprint density at radius 2 is 2.20 bits per heavy atom. The van der Waals surface area contributed by atoms with Gasteiger partial charge in [-0.1, -0.05) is 0 Å². The van der Waals surface area contributed by atoms with E-state index < -0.39 is 6.04 Å². The third-order valence-corrected chi connectivity index (χ3v) is 2.06. The molecule has 1 atom stereocenters. The van der Waals surface area contributed by atoms with Crippen LogP contribution in [0, 0.1) is 6.92 Å². The van der Waals surface area contributed by atoms with E-state index in [1.807, 2.05) is 0 Å². The number of likely N-dealkylation sites (N-methyl/N-ethyl adjacent to an activating group) is 1.